The van der Waals surface area contributed by atoms with Gasteiger partial charge in [0.15, 0.2) is 0 Å². The van der Waals surface area contributed by atoms with Crippen molar-refractivity contribution in [2.24, 2.45) is 0 Å². The molecule has 2 heterocycles. The summed E-state index contributed by atoms with van der Waals surface area (Å²) in [4.78, 5) is 28.4. The number of aromatic amines is 1. The van der Waals surface area contributed by atoms with Crippen LogP contribution in [-0.4, -0.2) is 33.4 Å². The molecule has 0 radical (unpaired) electrons. The molecule has 0 unspecified atom stereocenters. The summed E-state index contributed by atoms with van der Waals surface area (Å²) in [6, 6.07) is 14.2. The number of carbonyl (C=O) groups excluding carboxylic acids is 1. The zero-order valence-corrected chi connectivity index (χ0v) is 15.5. The lowest BCUT2D eigenvalue weighted by atomic mass is 10.1. The van der Waals surface area contributed by atoms with Crippen LogP contribution in [-0.2, 0) is 17.8 Å². The number of fused-ring (bicyclic) bond motifs is 1. The molecule has 1 amide bonds. The quantitative estimate of drug-likeness (QED) is 0.514. The molecule has 0 aliphatic rings. The van der Waals surface area contributed by atoms with E-state index in [0.29, 0.717) is 22.3 Å². The summed E-state index contributed by atoms with van der Waals surface area (Å²) in [7, 11) is 1.59. The van der Waals surface area contributed by atoms with Gasteiger partial charge in [-0.05, 0) is 30.3 Å². The lowest BCUT2D eigenvalue weighted by Crippen LogP contribution is -2.26. The third kappa shape index (κ3) is 3.98. The van der Waals surface area contributed by atoms with Gasteiger partial charge in [0.1, 0.15) is 5.75 Å². The number of rotatable bonds is 6. The van der Waals surface area contributed by atoms with Gasteiger partial charge in [-0.1, -0.05) is 23.4 Å². The molecule has 0 aliphatic heterocycles. The van der Waals surface area contributed by atoms with E-state index in [4.69, 9.17) is 9.26 Å². The minimum absolute atomic E-state index is 0.0107. The van der Waals surface area contributed by atoms with Crippen LogP contribution in [0.1, 0.15) is 11.6 Å². The Labute approximate surface area is 164 Å². The Hall–Kier alpha value is -4.01. The first-order chi connectivity index (χ1) is 14.1. The molecule has 9 heteroatoms. The number of benzene rings is 2. The molecule has 0 atom stereocenters. The fourth-order valence-electron chi connectivity index (χ4n) is 2.88. The maximum Gasteiger partial charge on any atom is 0.272 e. The largest absolute Gasteiger partial charge is 0.497 e. The first-order valence-corrected chi connectivity index (χ1v) is 8.84. The fourth-order valence-corrected chi connectivity index (χ4v) is 2.88. The lowest BCUT2D eigenvalue weighted by molar-refractivity contribution is -0.120. The highest BCUT2D eigenvalue weighted by Crippen LogP contribution is 2.19. The van der Waals surface area contributed by atoms with Crippen LogP contribution in [0.2, 0.25) is 0 Å². The predicted octanol–water partition coefficient (Wildman–Crippen LogP) is 1.84. The molecule has 2 aromatic carbocycles. The maximum atomic E-state index is 12.3. The van der Waals surface area contributed by atoms with Crippen LogP contribution in [0.25, 0.3) is 22.2 Å². The summed E-state index contributed by atoms with van der Waals surface area (Å²) >= 11 is 0. The van der Waals surface area contributed by atoms with Crippen molar-refractivity contribution in [1.29, 1.82) is 0 Å². The molecule has 2 aromatic heterocycles. The Morgan fingerprint density at radius 2 is 1.90 bits per heavy atom. The second kappa shape index (κ2) is 7.93. The van der Waals surface area contributed by atoms with Gasteiger partial charge < -0.3 is 14.6 Å². The summed E-state index contributed by atoms with van der Waals surface area (Å²) in [6.07, 6.45) is 0.0107. The van der Waals surface area contributed by atoms with E-state index in [9.17, 15) is 9.59 Å². The van der Waals surface area contributed by atoms with Crippen molar-refractivity contribution < 1.29 is 14.1 Å². The second-order valence-corrected chi connectivity index (χ2v) is 6.24. The van der Waals surface area contributed by atoms with E-state index in [0.717, 1.165) is 11.3 Å². The lowest BCUT2D eigenvalue weighted by Gasteiger charge is -2.05. The van der Waals surface area contributed by atoms with Gasteiger partial charge in [-0.25, -0.2) is 5.10 Å². The third-order valence-corrected chi connectivity index (χ3v) is 4.36. The minimum atomic E-state index is -0.290. The molecule has 0 spiro atoms. The number of hydrogen-bond acceptors (Lipinski definition) is 7. The highest BCUT2D eigenvalue weighted by atomic mass is 16.5. The summed E-state index contributed by atoms with van der Waals surface area (Å²) in [6.45, 7) is 0.0866. The summed E-state index contributed by atoms with van der Waals surface area (Å²) in [5.74, 6) is 1.15. The van der Waals surface area contributed by atoms with Crippen molar-refractivity contribution in [1.82, 2.24) is 25.7 Å². The molecule has 0 saturated carbocycles. The van der Waals surface area contributed by atoms with Crippen molar-refractivity contribution >= 4 is 16.7 Å². The van der Waals surface area contributed by atoms with Gasteiger partial charge >= 0.3 is 0 Å². The number of amides is 1. The van der Waals surface area contributed by atoms with Crippen LogP contribution in [0.15, 0.2) is 57.8 Å². The van der Waals surface area contributed by atoms with Gasteiger partial charge in [0.05, 0.1) is 31.2 Å². The summed E-state index contributed by atoms with van der Waals surface area (Å²) < 4.78 is 10.3. The van der Waals surface area contributed by atoms with Crippen molar-refractivity contribution in [3.63, 3.8) is 0 Å². The van der Waals surface area contributed by atoms with Crippen molar-refractivity contribution in [3.05, 3.63) is 70.5 Å². The Bertz CT molecular complexity index is 1210. The van der Waals surface area contributed by atoms with Gasteiger partial charge in [-0.15, -0.1) is 0 Å². The van der Waals surface area contributed by atoms with Crippen molar-refractivity contribution in [2.75, 3.05) is 7.11 Å². The van der Waals surface area contributed by atoms with E-state index >= 15 is 0 Å². The molecule has 146 valence electrons. The van der Waals surface area contributed by atoms with Crippen LogP contribution < -0.4 is 15.6 Å². The smallest absolute Gasteiger partial charge is 0.272 e. The molecule has 4 rings (SSSR count). The SMILES string of the molecule is COc1ccc(-c2noc(CNC(=O)Cc3n[nH]c(=O)c4ccccc34)n2)cc1. The number of ether oxygens (including phenoxy) is 1. The molecule has 0 saturated heterocycles. The monoisotopic (exact) mass is 391 g/mol. The number of nitrogens with one attached hydrogen (secondary N) is 2. The van der Waals surface area contributed by atoms with Crippen LogP contribution in [0.4, 0.5) is 0 Å². The van der Waals surface area contributed by atoms with Gasteiger partial charge in [-0.3, -0.25) is 9.59 Å². The Kier molecular flexibility index (Phi) is 5.02. The van der Waals surface area contributed by atoms with E-state index in [1.165, 1.54) is 0 Å². The van der Waals surface area contributed by atoms with E-state index in [1.807, 2.05) is 12.1 Å². The first kappa shape index (κ1) is 18.4. The molecule has 0 fully saturated rings. The van der Waals surface area contributed by atoms with E-state index in [1.54, 1.807) is 43.5 Å². The van der Waals surface area contributed by atoms with Gasteiger partial charge in [0.2, 0.25) is 17.6 Å². The van der Waals surface area contributed by atoms with Crippen molar-refractivity contribution in [2.45, 2.75) is 13.0 Å². The molecular weight excluding hydrogens is 374 g/mol. The summed E-state index contributed by atoms with van der Waals surface area (Å²) in [5, 5.41) is 14.2. The van der Waals surface area contributed by atoms with Gasteiger partial charge in [0.25, 0.3) is 5.56 Å². The molecular formula is C20H17N5O4. The van der Waals surface area contributed by atoms with Crippen LogP contribution >= 0.6 is 0 Å². The Balaban J connectivity index is 1.41. The zero-order valence-electron chi connectivity index (χ0n) is 15.5. The Morgan fingerprint density at radius 1 is 1.14 bits per heavy atom. The topological polar surface area (TPSA) is 123 Å². The average molecular weight is 391 g/mol. The molecule has 4 aromatic rings. The predicted molar refractivity (Wildman–Crippen MR) is 104 cm³/mol. The van der Waals surface area contributed by atoms with Gasteiger partial charge in [-0.2, -0.15) is 10.1 Å². The number of methoxy groups -OCH3 is 1. The molecule has 9 nitrogen and oxygen atoms in total. The third-order valence-electron chi connectivity index (χ3n) is 4.36. The van der Waals surface area contributed by atoms with Crippen LogP contribution in [0.5, 0.6) is 5.75 Å². The second-order valence-electron chi connectivity index (χ2n) is 6.24. The fraction of sp³-hybridized carbons (Fsp3) is 0.150. The van der Waals surface area contributed by atoms with E-state index in [2.05, 4.69) is 25.7 Å². The average Bonchev–Trinajstić information content (AvgIpc) is 3.24. The summed E-state index contributed by atoms with van der Waals surface area (Å²) in [5.41, 5.74) is 0.972. The van der Waals surface area contributed by atoms with Crippen LogP contribution in [0.3, 0.4) is 0 Å². The normalized spacial score (nSPS) is 10.8. The highest BCUT2D eigenvalue weighted by Gasteiger charge is 2.13. The minimum Gasteiger partial charge on any atom is -0.497 e. The van der Waals surface area contributed by atoms with Crippen molar-refractivity contribution in [3.8, 4) is 17.1 Å². The number of hydrogen-bond donors (Lipinski definition) is 2. The molecule has 2 N–H and O–H groups in total. The molecule has 0 bridgehead atoms. The zero-order chi connectivity index (χ0) is 20.2. The highest BCUT2D eigenvalue weighted by molar-refractivity contribution is 5.88. The Morgan fingerprint density at radius 3 is 2.66 bits per heavy atom. The number of H-pyrrole nitrogens is 1. The first-order valence-electron chi connectivity index (χ1n) is 8.84. The number of carbonyl (C=O) groups is 1. The van der Waals surface area contributed by atoms with E-state index < -0.39 is 0 Å². The maximum absolute atomic E-state index is 12.3. The number of nitrogens with zero attached hydrogens (tertiary/aromatic N) is 3. The van der Waals surface area contributed by atoms with Gasteiger partial charge in [0, 0.05) is 10.9 Å². The molecule has 29 heavy (non-hydrogen) atoms. The standard InChI is InChI=1S/C20H17N5O4/c1-28-13-8-6-12(7-9-13)19-22-18(29-25-19)11-21-17(26)10-16-14-4-2-3-5-15(14)20(27)24-23-16/h2-9H,10-11H2,1H3,(H,21,26)(H,24,27). The molecule has 0 aliphatic carbocycles. The van der Waals surface area contributed by atoms with E-state index in [-0.39, 0.29) is 30.3 Å². The van der Waals surface area contributed by atoms with Crippen LogP contribution in [0, 0.1) is 0 Å². The number of aromatic nitrogens is 4.